The third kappa shape index (κ3) is 4.89. The number of hydrogen-bond donors (Lipinski definition) is 3. The molecular weight excluding hydrogens is 397 g/mol. The van der Waals surface area contributed by atoms with E-state index >= 15 is 0 Å². The second-order valence-electron chi connectivity index (χ2n) is 5.82. The molecule has 1 aliphatic heterocycles. The Hall–Kier alpha value is -1.43. The first kappa shape index (κ1) is 21.9. The maximum Gasteiger partial charge on any atom is 1.00 e. The molecule has 3 rings (SSSR count). The average Bonchev–Trinajstić information content (AvgIpc) is 2.86. The normalized spacial score (nSPS) is 15.0. The van der Waals surface area contributed by atoms with E-state index in [4.69, 9.17) is 0 Å². The Labute approximate surface area is 201 Å². The van der Waals surface area contributed by atoms with Gasteiger partial charge in [0.2, 0.25) is 0 Å². The van der Waals surface area contributed by atoms with Gasteiger partial charge in [-0.25, -0.2) is 9.03 Å². The smallest absolute Gasteiger partial charge is 1.00 e. The van der Waals surface area contributed by atoms with E-state index in [9.17, 15) is 23.1 Å². The summed E-state index contributed by atoms with van der Waals surface area (Å²) in [6, 6.07) is 11.6. The van der Waals surface area contributed by atoms with Crippen molar-refractivity contribution in [2.45, 2.75) is 6.42 Å². The molecule has 0 saturated carbocycles. The van der Waals surface area contributed by atoms with E-state index in [0.29, 0.717) is 12.0 Å². The number of hydrogen-bond acceptors (Lipinski definition) is 5. The van der Waals surface area contributed by atoms with Gasteiger partial charge in [0.05, 0.1) is 5.69 Å². The van der Waals surface area contributed by atoms with Crippen LogP contribution in [0.5, 0.6) is 5.75 Å². The van der Waals surface area contributed by atoms with Crippen LogP contribution in [0.2, 0.25) is 0 Å². The van der Waals surface area contributed by atoms with E-state index in [1.54, 1.807) is 31.3 Å². The van der Waals surface area contributed by atoms with E-state index in [-0.39, 0.29) is 76.7 Å². The SMILES string of the molecule is CNC(=O)c1cccc(Cc2ccc(N3CC(=O)NS3(=O)=O)c(O)c2)c1.[H-].[K+]. The van der Waals surface area contributed by atoms with Crippen LogP contribution >= 0.6 is 0 Å². The first-order valence-corrected chi connectivity index (χ1v) is 9.20. The second kappa shape index (κ2) is 8.72. The molecule has 0 atom stereocenters. The molecule has 2 aromatic carbocycles. The Morgan fingerprint density at radius 3 is 2.56 bits per heavy atom. The zero-order chi connectivity index (χ0) is 18.9. The molecule has 0 aromatic heterocycles. The van der Waals surface area contributed by atoms with Gasteiger partial charge >= 0.3 is 61.6 Å². The molecule has 2 aromatic rings. The summed E-state index contributed by atoms with van der Waals surface area (Å²) in [6.45, 7) is -0.372. The van der Waals surface area contributed by atoms with Crippen LogP contribution in [-0.2, 0) is 21.4 Å². The molecule has 138 valence electrons. The van der Waals surface area contributed by atoms with E-state index in [2.05, 4.69) is 5.32 Å². The number of nitrogens with one attached hydrogen (secondary N) is 2. The van der Waals surface area contributed by atoms with Gasteiger partial charge < -0.3 is 11.8 Å². The van der Waals surface area contributed by atoms with Gasteiger partial charge in [-0.05, 0) is 41.8 Å². The summed E-state index contributed by atoms with van der Waals surface area (Å²) in [7, 11) is -2.42. The monoisotopic (exact) mass is 415 g/mol. The van der Waals surface area contributed by atoms with Crippen LogP contribution in [0.25, 0.3) is 0 Å². The van der Waals surface area contributed by atoms with Crippen molar-refractivity contribution in [2.75, 3.05) is 17.9 Å². The molecule has 1 fully saturated rings. The molecule has 1 saturated heterocycles. The van der Waals surface area contributed by atoms with Gasteiger partial charge in [-0.15, -0.1) is 0 Å². The zero-order valence-corrected chi connectivity index (χ0v) is 18.8. The first-order chi connectivity index (χ1) is 12.3. The molecule has 27 heavy (non-hydrogen) atoms. The van der Waals surface area contributed by atoms with Gasteiger partial charge in [-0.1, -0.05) is 18.2 Å². The fourth-order valence-electron chi connectivity index (χ4n) is 2.75. The number of aromatic hydroxyl groups is 1. The van der Waals surface area contributed by atoms with Crippen LogP contribution in [-0.4, -0.2) is 38.9 Å². The molecule has 0 radical (unpaired) electrons. The van der Waals surface area contributed by atoms with Crippen molar-refractivity contribution >= 4 is 27.7 Å². The van der Waals surface area contributed by atoms with Gasteiger partial charge in [0, 0.05) is 12.6 Å². The predicted octanol–water partition coefficient (Wildman–Crippen LogP) is -2.36. The van der Waals surface area contributed by atoms with Crippen molar-refractivity contribution < 1.29 is 75.9 Å². The van der Waals surface area contributed by atoms with Crippen molar-refractivity contribution in [1.82, 2.24) is 10.0 Å². The summed E-state index contributed by atoms with van der Waals surface area (Å²) in [5.41, 5.74) is 2.16. The van der Waals surface area contributed by atoms with Gasteiger partial charge in [0.15, 0.2) is 0 Å². The van der Waals surface area contributed by atoms with Crippen LogP contribution in [0.15, 0.2) is 42.5 Å². The Morgan fingerprint density at radius 1 is 1.26 bits per heavy atom. The molecule has 0 spiro atoms. The zero-order valence-electron chi connectivity index (χ0n) is 15.9. The van der Waals surface area contributed by atoms with Crippen LogP contribution in [0.1, 0.15) is 22.9 Å². The van der Waals surface area contributed by atoms with E-state index < -0.39 is 16.1 Å². The minimum atomic E-state index is -3.97. The van der Waals surface area contributed by atoms with Crippen LogP contribution in [0, 0.1) is 0 Å². The number of nitrogens with zero attached hydrogens (tertiary/aromatic N) is 1. The summed E-state index contributed by atoms with van der Waals surface area (Å²) in [5, 5.41) is 12.8. The van der Waals surface area contributed by atoms with E-state index in [1.165, 1.54) is 12.1 Å². The van der Waals surface area contributed by atoms with Crippen molar-refractivity contribution in [2.24, 2.45) is 0 Å². The maximum atomic E-state index is 11.9. The summed E-state index contributed by atoms with van der Waals surface area (Å²) in [6.07, 6.45) is 0.447. The number of benzene rings is 2. The molecule has 8 nitrogen and oxygen atoms in total. The largest absolute Gasteiger partial charge is 1.00 e. The number of amides is 2. The number of anilines is 1. The van der Waals surface area contributed by atoms with Crippen molar-refractivity contribution in [3.63, 3.8) is 0 Å². The first-order valence-electron chi connectivity index (χ1n) is 7.76. The summed E-state index contributed by atoms with van der Waals surface area (Å²) in [4.78, 5) is 23.0. The number of phenolic OH excluding ortho intramolecular Hbond substituents is 1. The Bertz CT molecular complexity index is 1000. The van der Waals surface area contributed by atoms with Gasteiger partial charge in [-0.2, -0.15) is 8.42 Å². The molecule has 3 N–H and O–H groups in total. The number of carbonyl (C=O) groups excluding carboxylic acids is 2. The fraction of sp³-hybridized carbons (Fsp3) is 0.176. The Kier molecular flexibility index (Phi) is 7.06. The predicted molar refractivity (Wildman–Crippen MR) is 96.3 cm³/mol. The summed E-state index contributed by atoms with van der Waals surface area (Å²) >= 11 is 0. The van der Waals surface area contributed by atoms with Crippen LogP contribution < -0.4 is 65.7 Å². The van der Waals surface area contributed by atoms with Crippen molar-refractivity contribution in [3.05, 3.63) is 59.2 Å². The minimum Gasteiger partial charge on any atom is -1.00 e. The molecule has 1 aliphatic rings. The molecule has 0 aliphatic carbocycles. The quantitative estimate of drug-likeness (QED) is 0.483. The Balaban J connectivity index is 0.00000196. The number of carbonyl (C=O) groups is 2. The minimum absolute atomic E-state index is 0. The fourth-order valence-corrected chi connectivity index (χ4v) is 3.92. The van der Waals surface area contributed by atoms with Crippen molar-refractivity contribution in [3.8, 4) is 5.75 Å². The molecule has 0 unspecified atom stereocenters. The topological polar surface area (TPSA) is 116 Å². The van der Waals surface area contributed by atoms with Crippen LogP contribution in [0.3, 0.4) is 0 Å². The maximum absolute atomic E-state index is 11.9. The van der Waals surface area contributed by atoms with Crippen LogP contribution in [0.4, 0.5) is 5.69 Å². The second-order valence-corrected chi connectivity index (χ2v) is 7.41. The third-order valence-corrected chi connectivity index (χ3v) is 5.34. The molecular formula is C17H18KN3O5S. The number of rotatable bonds is 4. The summed E-state index contributed by atoms with van der Waals surface area (Å²) < 4.78 is 26.4. The van der Waals surface area contributed by atoms with E-state index in [0.717, 1.165) is 15.4 Å². The van der Waals surface area contributed by atoms with Gasteiger partial charge in [-0.3, -0.25) is 9.59 Å². The molecule has 1 heterocycles. The molecule has 10 heteroatoms. The standard InChI is InChI=1S/C17H17N3O5S.K.H/c1-18-17(23)13-4-2-3-11(8-13)7-12-5-6-14(15(21)9-12)20-10-16(22)19-26(20,24)25;;/h2-6,8-9,21H,7,10H2,1H3,(H,18,23)(H,19,22);;/q;+1;-1. The molecule has 2 amide bonds. The van der Waals surface area contributed by atoms with E-state index in [1.807, 2.05) is 10.8 Å². The average molecular weight is 416 g/mol. The van der Waals surface area contributed by atoms with Gasteiger partial charge in [0.1, 0.15) is 12.3 Å². The third-order valence-electron chi connectivity index (χ3n) is 3.95. The molecule has 0 bridgehead atoms. The Morgan fingerprint density at radius 2 is 1.96 bits per heavy atom. The van der Waals surface area contributed by atoms with Gasteiger partial charge in [0.25, 0.3) is 11.8 Å². The number of phenols is 1. The van der Waals surface area contributed by atoms with Crippen molar-refractivity contribution in [1.29, 1.82) is 0 Å². The summed E-state index contributed by atoms with van der Waals surface area (Å²) in [5.74, 6) is -1.09.